The molecule has 5 nitrogen and oxygen atoms in total. The number of nitrogens with zero attached hydrogens (tertiary/aromatic N) is 2. The lowest BCUT2D eigenvalue weighted by Crippen LogP contribution is -2.14. The second-order valence-corrected chi connectivity index (χ2v) is 6.29. The van der Waals surface area contributed by atoms with Crippen molar-refractivity contribution in [3.63, 3.8) is 0 Å². The molecule has 0 aliphatic heterocycles. The minimum atomic E-state index is -0.237. The molecule has 1 N–H and O–H groups in total. The van der Waals surface area contributed by atoms with Crippen LogP contribution in [-0.2, 0) is 13.2 Å². The van der Waals surface area contributed by atoms with Crippen LogP contribution in [0.2, 0.25) is 0 Å². The zero-order chi connectivity index (χ0) is 18.5. The summed E-state index contributed by atoms with van der Waals surface area (Å²) in [6.07, 6.45) is 2.71. The van der Waals surface area contributed by atoms with Crippen LogP contribution in [0.15, 0.2) is 54.7 Å². The normalized spacial score (nSPS) is 10.6. The molecule has 1 aromatic heterocycles. The number of ether oxygens (including phenoxy) is 1. The molecule has 0 aliphatic carbocycles. The van der Waals surface area contributed by atoms with E-state index in [9.17, 15) is 4.79 Å². The van der Waals surface area contributed by atoms with Crippen LogP contribution < -0.4 is 10.1 Å². The van der Waals surface area contributed by atoms with Crippen LogP contribution in [0.4, 0.5) is 5.69 Å². The number of anilines is 1. The SMILES string of the molecule is CCc1ccc(NC(=O)c2ccn(COc3ccc(C)cc3C)n2)cc1. The highest BCUT2D eigenvalue weighted by Gasteiger charge is 2.10. The topological polar surface area (TPSA) is 56.2 Å². The van der Waals surface area contributed by atoms with E-state index in [2.05, 4.69) is 23.4 Å². The summed E-state index contributed by atoms with van der Waals surface area (Å²) in [5.74, 6) is 0.577. The van der Waals surface area contributed by atoms with Gasteiger partial charge in [-0.1, -0.05) is 36.8 Å². The molecule has 0 radical (unpaired) electrons. The van der Waals surface area contributed by atoms with Crippen molar-refractivity contribution in [1.29, 1.82) is 0 Å². The fourth-order valence-electron chi connectivity index (χ4n) is 2.67. The zero-order valence-corrected chi connectivity index (χ0v) is 15.3. The molecule has 0 bridgehead atoms. The lowest BCUT2D eigenvalue weighted by atomic mass is 10.1. The van der Waals surface area contributed by atoms with Gasteiger partial charge in [-0.15, -0.1) is 0 Å². The lowest BCUT2D eigenvalue weighted by molar-refractivity contribution is 0.102. The highest BCUT2D eigenvalue weighted by molar-refractivity contribution is 6.02. The van der Waals surface area contributed by atoms with Gasteiger partial charge < -0.3 is 10.1 Å². The minimum Gasteiger partial charge on any atom is -0.471 e. The maximum Gasteiger partial charge on any atom is 0.276 e. The Balaban J connectivity index is 1.60. The number of rotatable bonds is 6. The molecule has 2 aromatic carbocycles. The Labute approximate surface area is 153 Å². The Morgan fingerprint density at radius 3 is 2.58 bits per heavy atom. The van der Waals surface area contributed by atoms with Gasteiger partial charge in [-0.3, -0.25) is 4.79 Å². The molecule has 26 heavy (non-hydrogen) atoms. The summed E-state index contributed by atoms with van der Waals surface area (Å²) >= 11 is 0. The van der Waals surface area contributed by atoms with Gasteiger partial charge in [0.15, 0.2) is 12.4 Å². The average molecular weight is 349 g/mol. The van der Waals surface area contributed by atoms with E-state index < -0.39 is 0 Å². The van der Waals surface area contributed by atoms with E-state index >= 15 is 0 Å². The molecule has 0 saturated carbocycles. The number of aryl methyl sites for hydroxylation is 3. The van der Waals surface area contributed by atoms with Gasteiger partial charge in [0.05, 0.1) is 0 Å². The average Bonchev–Trinajstić information content (AvgIpc) is 3.11. The van der Waals surface area contributed by atoms with Crippen LogP contribution in [0, 0.1) is 13.8 Å². The number of nitrogens with one attached hydrogen (secondary N) is 1. The molecule has 0 atom stereocenters. The minimum absolute atomic E-state index is 0.237. The summed E-state index contributed by atoms with van der Waals surface area (Å²) < 4.78 is 7.39. The number of carbonyl (C=O) groups excluding carboxylic acids is 1. The van der Waals surface area contributed by atoms with Crippen LogP contribution in [0.25, 0.3) is 0 Å². The zero-order valence-electron chi connectivity index (χ0n) is 15.3. The van der Waals surface area contributed by atoms with Crippen molar-refractivity contribution >= 4 is 11.6 Å². The molecule has 0 aliphatic rings. The molecule has 134 valence electrons. The first-order valence-electron chi connectivity index (χ1n) is 8.69. The number of aromatic nitrogens is 2. The third-order valence-electron chi connectivity index (χ3n) is 4.18. The van der Waals surface area contributed by atoms with Crippen molar-refractivity contribution in [2.24, 2.45) is 0 Å². The van der Waals surface area contributed by atoms with E-state index in [0.717, 1.165) is 23.4 Å². The van der Waals surface area contributed by atoms with Gasteiger partial charge in [0.2, 0.25) is 0 Å². The van der Waals surface area contributed by atoms with Crippen LogP contribution in [0.3, 0.4) is 0 Å². The third kappa shape index (κ3) is 4.30. The van der Waals surface area contributed by atoms with Crippen molar-refractivity contribution in [2.75, 3.05) is 5.32 Å². The Hall–Kier alpha value is -3.08. The van der Waals surface area contributed by atoms with Crippen molar-refractivity contribution in [2.45, 2.75) is 33.9 Å². The lowest BCUT2D eigenvalue weighted by Gasteiger charge is -2.09. The fraction of sp³-hybridized carbons (Fsp3) is 0.238. The Bertz CT molecular complexity index is 898. The number of hydrogen-bond acceptors (Lipinski definition) is 3. The van der Waals surface area contributed by atoms with Gasteiger partial charge in [0.1, 0.15) is 5.75 Å². The predicted molar refractivity (Wildman–Crippen MR) is 103 cm³/mol. The monoisotopic (exact) mass is 349 g/mol. The highest BCUT2D eigenvalue weighted by atomic mass is 16.5. The summed E-state index contributed by atoms with van der Waals surface area (Å²) in [4.78, 5) is 12.3. The summed E-state index contributed by atoms with van der Waals surface area (Å²) in [5.41, 5.74) is 4.61. The van der Waals surface area contributed by atoms with Gasteiger partial charge >= 0.3 is 0 Å². The predicted octanol–water partition coefficient (Wildman–Crippen LogP) is 4.35. The van der Waals surface area contributed by atoms with Crippen molar-refractivity contribution < 1.29 is 9.53 Å². The first-order valence-corrected chi connectivity index (χ1v) is 8.69. The first-order chi connectivity index (χ1) is 12.5. The summed E-state index contributed by atoms with van der Waals surface area (Å²) in [5, 5.41) is 7.14. The first kappa shape index (κ1) is 17.7. The van der Waals surface area contributed by atoms with Gasteiger partial charge in [-0.05, 0) is 55.7 Å². The van der Waals surface area contributed by atoms with Crippen LogP contribution in [0.5, 0.6) is 5.75 Å². The standard InChI is InChI=1S/C21H23N3O2/c1-4-17-6-8-18(9-7-17)22-21(25)19-11-12-24(23-19)14-26-20-10-5-15(2)13-16(20)3/h5-13H,4,14H2,1-3H3,(H,22,25). The molecular weight excluding hydrogens is 326 g/mol. The van der Waals surface area contributed by atoms with Gasteiger partial charge in [0.25, 0.3) is 5.91 Å². The van der Waals surface area contributed by atoms with Crippen LogP contribution >= 0.6 is 0 Å². The van der Waals surface area contributed by atoms with Gasteiger partial charge in [0, 0.05) is 11.9 Å². The van der Waals surface area contributed by atoms with E-state index in [-0.39, 0.29) is 12.6 Å². The molecule has 5 heteroatoms. The Kier molecular flexibility index (Phi) is 5.37. The number of carbonyl (C=O) groups is 1. The van der Waals surface area contributed by atoms with E-state index in [1.54, 1.807) is 16.9 Å². The molecule has 1 heterocycles. The maximum atomic E-state index is 12.3. The Morgan fingerprint density at radius 2 is 1.88 bits per heavy atom. The van der Waals surface area contributed by atoms with E-state index in [0.29, 0.717) is 5.69 Å². The number of benzene rings is 2. The fourth-order valence-corrected chi connectivity index (χ4v) is 2.67. The molecule has 1 amide bonds. The van der Waals surface area contributed by atoms with E-state index in [4.69, 9.17) is 4.74 Å². The van der Waals surface area contributed by atoms with Crippen molar-refractivity contribution in [3.8, 4) is 5.75 Å². The largest absolute Gasteiger partial charge is 0.471 e. The molecule has 0 saturated heterocycles. The van der Waals surface area contributed by atoms with Crippen molar-refractivity contribution in [1.82, 2.24) is 9.78 Å². The Morgan fingerprint density at radius 1 is 1.12 bits per heavy atom. The van der Waals surface area contributed by atoms with Crippen molar-refractivity contribution in [3.05, 3.63) is 77.1 Å². The maximum absolute atomic E-state index is 12.3. The van der Waals surface area contributed by atoms with Gasteiger partial charge in [-0.2, -0.15) is 5.10 Å². The molecule has 3 rings (SSSR count). The third-order valence-corrected chi connectivity index (χ3v) is 4.18. The molecule has 0 fully saturated rings. The quantitative estimate of drug-likeness (QED) is 0.720. The second-order valence-electron chi connectivity index (χ2n) is 6.29. The second kappa shape index (κ2) is 7.87. The smallest absolute Gasteiger partial charge is 0.276 e. The van der Waals surface area contributed by atoms with Crippen LogP contribution in [-0.4, -0.2) is 15.7 Å². The summed E-state index contributed by atoms with van der Waals surface area (Å²) in [6, 6.07) is 15.5. The molecule has 0 unspecified atom stereocenters. The highest BCUT2D eigenvalue weighted by Crippen LogP contribution is 2.19. The summed E-state index contributed by atoms with van der Waals surface area (Å²) in [7, 11) is 0. The number of amides is 1. The molecular formula is C21H23N3O2. The number of hydrogen-bond donors (Lipinski definition) is 1. The molecule has 0 spiro atoms. The van der Waals surface area contributed by atoms with Crippen LogP contribution in [0.1, 0.15) is 34.1 Å². The van der Waals surface area contributed by atoms with E-state index in [1.807, 2.05) is 50.2 Å². The summed E-state index contributed by atoms with van der Waals surface area (Å²) in [6.45, 7) is 6.40. The van der Waals surface area contributed by atoms with E-state index in [1.165, 1.54) is 11.1 Å². The molecule has 3 aromatic rings. The van der Waals surface area contributed by atoms with Gasteiger partial charge in [-0.25, -0.2) is 4.68 Å².